The van der Waals surface area contributed by atoms with Crippen molar-refractivity contribution in [2.75, 3.05) is 0 Å². The minimum atomic E-state index is -0.890. The van der Waals surface area contributed by atoms with E-state index in [0.29, 0.717) is 0 Å². The Kier molecular flexibility index (Phi) is 2.41. The van der Waals surface area contributed by atoms with E-state index in [9.17, 15) is 5.11 Å². The highest BCUT2D eigenvalue weighted by molar-refractivity contribution is 5.83. The van der Waals surface area contributed by atoms with Crippen molar-refractivity contribution in [3.63, 3.8) is 0 Å². The molecule has 20 heavy (non-hydrogen) atoms. The molecule has 3 aromatic rings. The average Bonchev–Trinajstić information content (AvgIpc) is 2.86. The van der Waals surface area contributed by atoms with Gasteiger partial charge in [0.25, 0.3) is 0 Å². The summed E-state index contributed by atoms with van der Waals surface area (Å²) in [6.07, 6.45) is 3.45. The van der Waals surface area contributed by atoms with Crippen LogP contribution in [0.3, 0.4) is 0 Å². The molecule has 1 aromatic heterocycles. The first-order valence-electron chi connectivity index (χ1n) is 6.94. The lowest BCUT2D eigenvalue weighted by atomic mass is 9.85. The topological polar surface area (TPSA) is 33.1 Å². The molecule has 98 valence electrons. The minimum absolute atomic E-state index is 0.736. The summed E-state index contributed by atoms with van der Waals surface area (Å²) in [5.74, 6) is 0. The number of benzene rings is 2. The molecule has 1 heterocycles. The van der Waals surface area contributed by atoms with Gasteiger partial charge >= 0.3 is 0 Å². The fourth-order valence-corrected chi connectivity index (χ4v) is 3.34. The summed E-state index contributed by atoms with van der Waals surface area (Å²) in [4.78, 5) is 4.39. The summed E-state index contributed by atoms with van der Waals surface area (Å²) >= 11 is 0. The second kappa shape index (κ2) is 4.15. The van der Waals surface area contributed by atoms with Gasteiger partial charge in [0.15, 0.2) is 0 Å². The lowest BCUT2D eigenvalue weighted by molar-refractivity contribution is 0.0845. The van der Waals surface area contributed by atoms with Crippen LogP contribution >= 0.6 is 0 Å². The highest BCUT2D eigenvalue weighted by Gasteiger charge is 2.38. The summed E-state index contributed by atoms with van der Waals surface area (Å²) in [6, 6.07) is 18.1. The first kappa shape index (κ1) is 11.6. The molecule has 4 rings (SSSR count). The standard InChI is InChI=1S/C18H15NO/c20-18(11-10-13-5-1-2-7-15(13)18)16-8-3-9-17-14(16)6-4-12-19-17/h1-9,12,20H,10-11H2. The number of aryl methyl sites for hydroxylation is 1. The second-order valence-electron chi connectivity index (χ2n) is 5.39. The third kappa shape index (κ3) is 1.52. The van der Waals surface area contributed by atoms with Crippen molar-refractivity contribution in [3.8, 4) is 0 Å². The molecule has 0 bridgehead atoms. The number of aromatic nitrogens is 1. The fourth-order valence-electron chi connectivity index (χ4n) is 3.34. The van der Waals surface area contributed by atoms with Gasteiger partial charge in [-0.25, -0.2) is 0 Å². The number of nitrogens with zero attached hydrogens (tertiary/aromatic N) is 1. The van der Waals surface area contributed by atoms with E-state index in [1.807, 2.05) is 48.5 Å². The van der Waals surface area contributed by atoms with Crippen LogP contribution in [0.1, 0.15) is 23.1 Å². The molecule has 1 aliphatic rings. The van der Waals surface area contributed by atoms with Gasteiger partial charge in [0.2, 0.25) is 0 Å². The highest BCUT2D eigenvalue weighted by Crippen LogP contribution is 2.43. The van der Waals surface area contributed by atoms with Gasteiger partial charge in [-0.2, -0.15) is 0 Å². The van der Waals surface area contributed by atoms with Crippen LogP contribution in [0.4, 0.5) is 0 Å². The van der Waals surface area contributed by atoms with E-state index in [4.69, 9.17) is 0 Å². The SMILES string of the molecule is OC1(c2cccc3ncccc23)CCc2ccccc21. The zero-order valence-electron chi connectivity index (χ0n) is 11.1. The van der Waals surface area contributed by atoms with Crippen LogP contribution in [-0.4, -0.2) is 10.1 Å². The fraction of sp³-hybridized carbons (Fsp3) is 0.167. The summed E-state index contributed by atoms with van der Waals surface area (Å²) in [7, 11) is 0. The Morgan fingerprint density at radius 1 is 0.900 bits per heavy atom. The van der Waals surface area contributed by atoms with Crippen molar-refractivity contribution < 1.29 is 5.11 Å². The van der Waals surface area contributed by atoms with Crippen LogP contribution in [0.15, 0.2) is 60.8 Å². The Hall–Kier alpha value is -2.19. The lowest BCUT2D eigenvalue weighted by Gasteiger charge is -2.26. The summed E-state index contributed by atoms with van der Waals surface area (Å²) in [5.41, 5.74) is 3.29. The predicted molar refractivity (Wildman–Crippen MR) is 79.5 cm³/mol. The smallest absolute Gasteiger partial charge is 0.116 e. The van der Waals surface area contributed by atoms with Crippen LogP contribution in [0.2, 0.25) is 0 Å². The van der Waals surface area contributed by atoms with E-state index in [-0.39, 0.29) is 0 Å². The molecule has 2 nitrogen and oxygen atoms in total. The maximum absolute atomic E-state index is 11.3. The van der Waals surface area contributed by atoms with Crippen LogP contribution in [0, 0.1) is 0 Å². The van der Waals surface area contributed by atoms with Gasteiger partial charge in [0, 0.05) is 11.6 Å². The third-order valence-corrected chi connectivity index (χ3v) is 4.31. The van der Waals surface area contributed by atoms with Crippen LogP contribution in [0.25, 0.3) is 10.9 Å². The third-order valence-electron chi connectivity index (χ3n) is 4.31. The molecule has 0 saturated carbocycles. The highest BCUT2D eigenvalue weighted by atomic mass is 16.3. The molecule has 1 aliphatic carbocycles. The van der Waals surface area contributed by atoms with Gasteiger partial charge in [-0.15, -0.1) is 0 Å². The van der Waals surface area contributed by atoms with Crippen LogP contribution < -0.4 is 0 Å². The molecular formula is C18H15NO. The minimum Gasteiger partial charge on any atom is -0.380 e. The van der Waals surface area contributed by atoms with Crippen molar-refractivity contribution in [2.45, 2.75) is 18.4 Å². The Morgan fingerprint density at radius 3 is 2.70 bits per heavy atom. The predicted octanol–water partition coefficient (Wildman–Crippen LogP) is 3.42. The molecular weight excluding hydrogens is 246 g/mol. The molecule has 0 saturated heterocycles. The van der Waals surface area contributed by atoms with Gasteiger partial charge < -0.3 is 5.11 Å². The molecule has 0 aliphatic heterocycles. The normalized spacial score (nSPS) is 21.1. The number of hydrogen-bond donors (Lipinski definition) is 1. The van der Waals surface area contributed by atoms with E-state index in [1.165, 1.54) is 5.56 Å². The van der Waals surface area contributed by atoms with Gasteiger partial charge in [-0.05, 0) is 41.7 Å². The van der Waals surface area contributed by atoms with Crippen molar-refractivity contribution in [1.29, 1.82) is 0 Å². The van der Waals surface area contributed by atoms with Crippen LogP contribution in [-0.2, 0) is 12.0 Å². The van der Waals surface area contributed by atoms with Crippen molar-refractivity contribution in [1.82, 2.24) is 4.98 Å². The molecule has 0 spiro atoms. The zero-order valence-corrected chi connectivity index (χ0v) is 11.1. The number of hydrogen-bond acceptors (Lipinski definition) is 2. The van der Waals surface area contributed by atoms with E-state index >= 15 is 0 Å². The average molecular weight is 261 g/mol. The summed E-state index contributed by atoms with van der Waals surface area (Å²) < 4.78 is 0. The number of fused-ring (bicyclic) bond motifs is 2. The first-order chi connectivity index (χ1) is 9.79. The summed E-state index contributed by atoms with van der Waals surface area (Å²) in [5, 5.41) is 12.3. The van der Waals surface area contributed by atoms with E-state index in [0.717, 1.165) is 34.9 Å². The van der Waals surface area contributed by atoms with Crippen LogP contribution in [0.5, 0.6) is 0 Å². The molecule has 0 amide bonds. The Balaban J connectivity index is 2.01. The van der Waals surface area contributed by atoms with Gasteiger partial charge in [-0.1, -0.05) is 42.5 Å². The number of rotatable bonds is 1. The molecule has 0 radical (unpaired) electrons. The zero-order chi connectivity index (χ0) is 13.6. The van der Waals surface area contributed by atoms with Gasteiger partial charge in [-0.3, -0.25) is 4.98 Å². The molecule has 2 aromatic carbocycles. The molecule has 2 heteroatoms. The van der Waals surface area contributed by atoms with Gasteiger partial charge in [0.1, 0.15) is 5.60 Å². The molecule has 0 fully saturated rings. The maximum atomic E-state index is 11.3. The molecule has 1 unspecified atom stereocenters. The van der Waals surface area contributed by atoms with E-state index in [2.05, 4.69) is 11.1 Å². The number of pyridine rings is 1. The monoisotopic (exact) mass is 261 g/mol. The second-order valence-corrected chi connectivity index (χ2v) is 5.39. The van der Waals surface area contributed by atoms with E-state index in [1.54, 1.807) is 6.20 Å². The lowest BCUT2D eigenvalue weighted by Crippen LogP contribution is -2.24. The largest absolute Gasteiger partial charge is 0.380 e. The first-order valence-corrected chi connectivity index (χ1v) is 6.94. The Bertz CT molecular complexity index is 791. The summed E-state index contributed by atoms with van der Waals surface area (Å²) in [6.45, 7) is 0. The molecule has 1 atom stereocenters. The Morgan fingerprint density at radius 2 is 1.75 bits per heavy atom. The van der Waals surface area contributed by atoms with Crippen molar-refractivity contribution in [3.05, 3.63) is 77.5 Å². The van der Waals surface area contributed by atoms with Crippen molar-refractivity contribution in [2.24, 2.45) is 0 Å². The molecule has 1 N–H and O–H groups in total. The quantitative estimate of drug-likeness (QED) is 0.728. The maximum Gasteiger partial charge on any atom is 0.116 e. The Labute approximate surface area is 117 Å². The van der Waals surface area contributed by atoms with E-state index < -0.39 is 5.60 Å². The van der Waals surface area contributed by atoms with Crippen molar-refractivity contribution >= 4 is 10.9 Å². The van der Waals surface area contributed by atoms with Gasteiger partial charge in [0.05, 0.1) is 5.52 Å². The number of aliphatic hydroxyl groups is 1.